The summed E-state index contributed by atoms with van der Waals surface area (Å²) in [6, 6.07) is 5.77. The van der Waals surface area contributed by atoms with Crippen molar-refractivity contribution in [3.8, 4) is 0 Å². The summed E-state index contributed by atoms with van der Waals surface area (Å²) in [5.41, 5.74) is 6.22. The van der Waals surface area contributed by atoms with Gasteiger partial charge in [-0.2, -0.15) is 0 Å². The maximum absolute atomic E-state index is 12.7. The molecule has 0 saturated carbocycles. The number of nitrogens with one attached hydrogen (secondary N) is 1. The Kier molecular flexibility index (Phi) is 4.28. The van der Waals surface area contributed by atoms with E-state index in [4.69, 9.17) is 5.73 Å². The molecule has 1 amide bonds. The third-order valence-electron chi connectivity index (χ3n) is 3.20. The molecule has 3 N–H and O–H groups in total. The smallest absolute Gasteiger partial charge is 0.238 e. The van der Waals surface area contributed by atoms with Gasteiger partial charge in [0.2, 0.25) is 5.91 Å². The van der Waals surface area contributed by atoms with Gasteiger partial charge < -0.3 is 11.1 Å². The second-order valence-electron chi connectivity index (χ2n) is 4.68. The van der Waals surface area contributed by atoms with Crippen molar-refractivity contribution in [3.63, 3.8) is 0 Å². The molecule has 1 aliphatic rings. The summed E-state index contributed by atoms with van der Waals surface area (Å²) in [6.45, 7) is 2.84. The molecule has 0 spiro atoms. The molecule has 0 aromatic heterocycles. The Balaban J connectivity index is 1.80. The highest BCUT2D eigenvalue weighted by atomic mass is 19.1. The van der Waals surface area contributed by atoms with Crippen molar-refractivity contribution >= 4 is 11.6 Å². The number of rotatable bonds is 4. The van der Waals surface area contributed by atoms with Crippen LogP contribution in [-0.4, -0.2) is 37.0 Å². The summed E-state index contributed by atoms with van der Waals surface area (Å²) in [7, 11) is 0. The number of benzene rings is 1. The molecule has 1 saturated heterocycles. The highest BCUT2D eigenvalue weighted by molar-refractivity contribution is 5.92. The van der Waals surface area contributed by atoms with E-state index in [-0.39, 0.29) is 11.7 Å². The summed E-state index contributed by atoms with van der Waals surface area (Å²) in [5, 5.41) is 2.75. The first-order chi connectivity index (χ1) is 8.67. The van der Waals surface area contributed by atoms with Crippen molar-refractivity contribution in [2.45, 2.75) is 6.42 Å². The maximum atomic E-state index is 12.7. The van der Waals surface area contributed by atoms with Crippen LogP contribution in [-0.2, 0) is 4.79 Å². The van der Waals surface area contributed by atoms with Gasteiger partial charge in [0, 0.05) is 12.2 Å². The molecule has 0 bridgehead atoms. The average Bonchev–Trinajstić information content (AvgIpc) is 2.79. The van der Waals surface area contributed by atoms with Gasteiger partial charge in [0.25, 0.3) is 0 Å². The summed E-state index contributed by atoms with van der Waals surface area (Å²) in [5.74, 6) is 0.126. The predicted molar refractivity (Wildman–Crippen MR) is 68.6 cm³/mol. The van der Waals surface area contributed by atoms with Crippen molar-refractivity contribution in [1.82, 2.24) is 4.90 Å². The van der Waals surface area contributed by atoms with Crippen molar-refractivity contribution in [1.29, 1.82) is 0 Å². The van der Waals surface area contributed by atoms with Crippen LogP contribution in [0.15, 0.2) is 24.3 Å². The molecular weight excluding hydrogens is 233 g/mol. The Bertz CT molecular complexity index is 407. The Morgan fingerprint density at radius 2 is 2.17 bits per heavy atom. The summed E-state index contributed by atoms with van der Waals surface area (Å²) in [6.07, 6.45) is 1.06. The number of nitrogens with zero attached hydrogens (tertiary/aromatic N) is 1. The van der Waals surface area contributed by atoms with Crippen molar-refractivity contribution in [2.75, 3.05) is 31.5 Å². The third-order valence-corrected chi connectivity index (χ3v) is 3.20. The zero-order valence-corrected chi connectivity index (χ0v) is 10.2. The molecule has 1 heterocycles. The van der Waals surface area contributed by atoms with Crippen LogP contribution in [0.2, 0.25) is 0 Å². The van der Waals surface area contributed by atoms with E-state index < -0.39 is 0 Å². The van der Waals surface area contributed by atoms with Crippen LogP contribution in [0.5, 0.6) is 0 Å². The van der Waals surface area contributed by atoms with Crippen molar-refractivity contribution < 1.29 is 9.18 Å². The van der Waals surface area contributed by atoms with Gasteiger partial charge >= 0.3 is 0 Å². The Morgan fingerprint density at radius 3 is 2.78 bits per heavy atom. The van der Waals surface area contributed by atoms with E-state index >= 15 is 0 Å². The van der Waals surface area contributed by atoms with Crippen LogP contribution in [0.1, 0.15) is 6.42 Å². The van der Waals surface area contributed by atoms with Crippen LogP contribution >= 0.6 is 0 Å². The van der Waals surface area contributed by atoms with Gasteiger partial charge in [-0.1, -0.05) is 0 Å². The molecule has 2 rings (SSSR count). The molecule has 0 radical (unpaired) electrons. The molecule has 98 valence electrons. The number of anilines is 1. The number of hydrogen-bond acceptors (Lipinski definition) is 3. The number of halogens is 1. The predicted octanol–water partition coefficient (Wildman–Crippen LogP) is 1.04. The molecule has 5 heteroatoms. The van der Waals surface area contributed by atoms with E-state index in [2.05, 4.69) is 10.2 Å². The van der Waals surface area contributed by atoms with Crippen LogP contribution in [0.4, 0.5) is 10.1 Å². The molecule has 0 aliphatic carbocycles. The first-order valence-corrected chi connectivity index (χ1v) is 6.15. The average molecular weight is 251 g/mol. The highest BCUT2D eigenvalue weighted by Crippen LogP contribution is 2.14. The molecule has 1 unspecified atom stereocenters. The molecule has 4 nitrogen and oxygen atoms in total. The van der Waals surface area contributed by atoms with Gasteiger partial charge in [0.15, 0.2) is 0 Å². The first-order valence-electron chi connectivity index (χ1n) is 6.15. The van der Waals surface area contributed by atoms with E-state index in [0.29, 0.717) is 24.7 Å². The minimum Gasteiger partial charge on any atom is -0.330 e. The van der Waals surface area contributed by atoms with Gasteiger partial charge in [-0.25, -0.2) is 4.39 Å². The lowest BCUT2D eigenvalue weighted by molar-refractivity contribution is -0.117. The van der Waals surface area contributed by atoms with E-state index in [0.717, 1.165) is 19.5 Å². The number of likely N-dealkylation sites (tertiary alicyclic amines) is 1. The molecule has 1 atom stereocenters. The molecule has 1 aromatic rings. The molecule has 1 fully saturated rings. The van der Waals surface area contributed by atoms with Gasteiger partial charge in [0.1, 0.15) is 5.82 Å². The first kappa shape index (κ1) is 13.0. The molecule has 1 aliphatic heterocycles. The Hall–Kier alpha value is -1.46. The number of nitrogens with two attached hydrogens (primary N) is 1. The Labute approximate surface area is 106 Å². The lowest BCUT2D eigenvalue weighted by atomic mass is 10.1. The van der Waals surface area contributed by atoms with E-state index in [1.54, 1.807) is 12.1 Å². The van der Waals surface area contributed by atoms with Gasteiger partial charge in [0.05, 0.1) is 6.54 Å². The van der Waals surface area contributed by atoms with Gasteiger partial charge in [-0.3, -0.25) is 9.69 Å². The lowest BCUT2D eigenvalue weighted by Gasteiger charge is -2.15. The largest absolute Gasteiger partial charge is 0.330 e. The Morgan fingerprint density at radius 1 is 1.44 bits per heavy atom. The lowest BCUT2D eigenvalue weighted by Crippen LogP contribution is -2.32. The van der Waals surface area contributed by atoms with Crippen molar-refractivity contribution in [3.05, 3.63) is 30.1 Å². The monoisotopic (exact) mass is 251 g/mol. The molecular formula is C13H18FN3O. The van der Waals surface area contributed by atoms with E-state index in [1.165, 1.54) is 12.1 Å². The minimum atomic E-state index is -0.307. The van der Waals surface area contributed by atoms with Gasteiger partial charge in [-0.15, -0.1) is 0 Å². The summed E-state index contributed by atoms with van der Waals surface area (Å²) >= 11 is 0. The SMILES string of the molecule is NCC1CCN(CC(=O)Nc2ccc(F)cc2)C1. The summed E-state index contributed by atoms with van der Waals surface area (Å²) < 4.78 is 12.7. The van der Waals surface area contributed by atoms with E-state index in [1.807, 2.05) is 0 Å². The fraction of sp³-hybridized carbons (Fsp3) is 0.462. The zero-order valence-electron chi connectivity index (χ0n) is 10.2. The summed E-state index contributed by atoms with van der Waals surface area (Å²) in [4.78, 5) is 13.9. The number of hydrogen-bond donors (Lipinski definition) is 2. The van der Waals surface area contributed by atoms with E-state index in [9.17, 15) is 9.18 Å². The number of amides is 1. The fourth-order valence-electron chi connectivity index (χ4n) is 2.19. The highest BCUT2D eigenvalue weighted by Gasteiger charge is 2.22. The maximum Gasteiger partial charge on any atom is 0.238 e. The zero-order chi connectivity index (χ0) is 13.0. The normalized spacial score (nSPS) is 20.0. The third kappa shape index (κ3) is 3.51. The van der Waals surface area contributed by atoms with Crippen LogP contribution in [0.25, 0.3) is 0 Å². The second kappa shape index (κ2) is 5.93. The molecule has 1 aromatic carbocycles. The fourth-order valence-corrected chi connectivity index (χ4v) is 2.19. The minimum absolute atomic E-state index is 0.0701. The van der Waals surface area contributed by atoms with Crippen LogP contribution in [0.3, 0.4) is 0 Å². The number of carbonyl (C=O) groups is 1. The second-order valence-corrected chi connectivity index (χ2v) is 4.68. The number of carbonyl (C=O) groups excluding carboxylic acids is 1. The van der Waals surface area contributed by atoms with Crippen molar-refractivity contribution in [2.24, 2.45) is 11.7 Å². The topological polar surface area (TPSA) is 58.4 Å². The molecule has 18 heavy (non-hydrogen) atoms. The van der Waals surface area contributed by atoms with Crippen LogP contribution < -0.4 is 11.1 Å². The van der Waals surface area contributed by atoms with Gasteiger partial charge in [-0.05, 0) is 49.7 Å². The van der Waals surface area contributed by atoms with Crippen LogP contribution in [0, 0.1) is 11.7 Å². The quantitative estimate of drug-likeness (QED) is 0.840. The standard InChI is InChI=1S/C13H18FN3O/c14-11-1-3-12(4-2-11)16-13(18)9-17-6-5-10(7-15)8-17/h1-4,10H,5-9,15H2,(H,16,18).